The van der Waals surface area contributed by atoms with Crippen LogP contribution in [-0.4, -0.2) is 53.2 Å². The molecule has 2 aliphatic rings. The molecular formula is C32H34F3N5O6. The minimum atomic E-state index is -4.68. The highest BCUT2D eigenvalue weighted by molar-refractivity contribution is 6.00. The van der Waals surface area contributed by atoms with Crippen molar-refractivity contribution in [1.29, 1.82) is 0 Å². The Labute approximate surface area is 263 Å². The van der Waals surface area contributed by atoms with E-state index in [1.807, 2.05) is 0 Å². The number of urea groups is 1. The third kappa shape index (κ3) is 9.25. The Morgan fingerprint density at radius 1 is 0.870 bits per heavy atom. The first-order valence-electron chi connectivity index (χ1n) is 14.7. The Bertz CT molecular complexity index is 1580. The normalized spacial score (nSPS) is 15.0. The Morgan fingerprint density at radius 3 is 2.22 bits per heavy atom. The largest absolute Gasteiger partial charge is 0.493 e. The van der Waals surface area contributed by atoms with E-state index in [2.05, 4.69) is 20.9 Å². The maximum absolute atomic E-state index is 13.6. The number of carbonyl (C=O) groups excluding carboxylic acids is 3. The number of aromatic nitrogens is 1. The van der Waals surface area contributed by atoms with E-state index in [0.29, 0.717) is 36.1 Å². The predicted octanol–water partition coefficient (Wildman–Crippen LogP) is 7.13. The van der Waals surface area contributed by atoms with Gasteiger partial charge in [-0.3, -0.25) is 4.79 Å². The number of halogens is 3. The van der Waals surface area contributed by atoms with E-state index in [9.17, 15) is 27.6 Å². The summed E-state index contributed by atoms with van der Waals surface area (Å²) < 4.78 is 57.6. The Hall–Kier alpha value is -5.01. The molecule has 1 saturated carbocycles. The van der Waals surface area contributed by atoms with Gasteiger partial charge in [-0.15, -0.1) is 0 Å². The van der Waals surface area contributed by atoms with Crippen LogP contribution in [0.4, 0.5) is 40.0 Å². The van der Waals surface area contributed by atoms with Gasteiger partial charge in [0.2, 0.25) is 5.91 Å². The lowest BCUT2D eigenvalue weighted by Crippen LogP contribution is -2.53. The van der Waals surface area contributed by atoms with Crippen LogP contribution in [0.5, 0.6) is 17.2 Å². The van der Waals surface area contributed by atoms with Gasteiger partial charge in [-0.2, -0.15) is 13.2 Å². The van der Waals surface area contributed by atoms with Gasteiger partial charge in [-0.25, -0.2) is 14.6 Å². The van der Waals surface area contributed by atoms with Gasteiger partial charge in [0.1, 0.15) is 28.7 Å². The molecule has 1 aromatic heterocycles. The second-order valence-corrected chi connectivity index (χ2v) is 12.2. The van der Waals surface area contributed by atoms with E-state index in [-0.39, 0.29) is 35.8 Å². The van der Waals surface area contributed by atoms with E-state index >= 15 is 0 Å². The number of hydrogen-bond donors (Lipinski definition) is 3. The van der Waals surface area contributed by atoms with Gasteiger partial charge in [0.15, 0.2) is 0 Å². The Kier molecular flexibility index (Phi) is 9.26. The van der Waals surface area contributed by atoms with Gasteiger partial charge in [0.25, 0.3) is 0 Å². The summed E-state index contributed by atoms with van der Waals surface area (Å²) in [7, 11) is 0. The molecule has 0 spiro atoms. The summed E-state index contributed by atoms with van der Waals surface area (Å²) in [6.45, 7) is 6.07. The van der Waals surface area contributed by atoms with Gasteiger partial charge >= 0.3 is 18.3 Å². The highest BCUT2D eigenvalue weighted by Gasteiger charge is 2.35. The smallest absolute Gasteiger partial charge is 0.416 e. The number of nitrogens with one attached hydrogen (secondary N) is 3. The van der Waals surface area contributed by atoms with Crippen LogP contribution in [0, 0.1) is 11.8 Å². The SMILES string of the molecule is CC(C)(C)OC(=O)N1CC(COc2cc(NC(=O)Nc3ccc(Oc4ccnc(NC(=O)C5CC5)c4)cc3)cc(C(F)(F)F)c2)C1. The fourth-order valence-electron chi connectivity index (χ4n) is 4.44. The topological polar surface area (TPSA) is 131 Å². The van der Waals surface area contributed by atoms with Gasteiger partial charge in [-0.1, -0.05) is 0 Å². The molecule has 46 heavy (non-hydrogen) atoms. The van der Waals surface area contributed by atoms with Crippen molar-refractivity contribution < 1.29 is 41.8 Å². The lowest BCUT2D eigenvalue weighted by molar-refractivity contribution is -0.137. The molecule has 244 valence electrons. The predicted molar refractivity (Wildman–Crippen MR) is 163 cm³/mol. The average molecular weight is 642 g/mol. The summed E-state index contributed by atoms with van der Waals surface area (Å²) in [6, 6.07) is 11.7. The molecule has 1 aliphatic carbocycles. The molecule has 1 saturated heterocycles. The molecule has 5 rings (SSSR count). The van der Waals surface area contributed by atoms with Crippen molar-refractivity contribution in [3.63, 3.8) is 0 Å². The molecule has 3 N–H and O–H groups in total. The zero-order valence-electron chi connectivity index (χ0n) is 25.4. The molecule has 0 bridgehead atoms. The number of nitrogens with zero attached hydrogens (tertiary/aromatic N) is 2. The molecule has 0 atom stereocenters. The van der Waals surface area contributed by atoms with Crippen LogP contribution in [0.25, 0.3) is 0 Å². The van der Waals surface area contributed by atoms with Gasteiger partial charge in [0, 0.05) is 54.6 Å². The second-order valence-electron chi connectivity index (χ2n) is 12.2. The third-order valence-corrected chi connectivity index (χ3v) is 6.86. The summed E-state index contributed by atoms with van der Waals surface area (Å²) in [4.78, 5) is 42.4. The van der Waals surface area contributed by atoms with Crippen LogP contribution in [-0.2, 0) is 15.7 Å². The van der Waals surface area contributed by atoms with Crippen LogP contribution in [0.15, 0.2) is 60.8 Å². The van der Waals surface area contributed by atoms with E-state index in [1.54, 1.807) is 57.2 Å². The minimum absolute atomic E-state index is 0.0324. The lowest BCUT2D eigenvalue weighted by Gasteiger charge is -2.39. The number of anilines is 3. The number of alkyl halides is 3. The Balaban J connectivity index is 1.14. The lowest BCUT2D eigenvalue weighted by atomic mass is 10.0. The molecule has 2 aromatic carbocycles. The molecular weight excluding hydrogens is 607 g/mol. The van der Waals surface area contributed by atoms with Crippen molar-refractivity contribution in [3.05, 3.63) is 66.4 Å². The fourth-order valence-corrected chi connectivity index (χ4v) is 4.44. The maximum atomic E-state index is 13.6. The number of hydrogen-bond acceptors (Lipinski definition) is 7. The summed E-state index contributed by atoms with van der Waals surface area (Å²) >= 11 is 0. The average Bonchev–Trinajstić information content (AvgIpc) is 3.78. The monoisotopic (exact) mass is 641 g/mol. The molecule has 0 radical (unpaired) electrons. The second kappa shape index (κ2) is 13.2. The van der Waals surface area contributed by atoms with Crippen molar-refractivity contribution in [2.45, 2.75) is 45.4 Å². The third-order valence-electron chi connectivity index (χ3n) is 6.86. The number of amides is 4. The maximum Gasteiger partial charge on any atom is 0.416 e. The zero-order chi connectivity index (χ0) is 33.1. The molecule has 1 aliphatic heterocycles. The van der Waals surface area contributed by atoms with Crippen molar-refractivity contribution in [2.75, 3.05) is 35.6 Å². The highest BCUT2D eigenvalue weighted by atomic mass is 19.4. The zero-order valence-corrected chi connectivity index (χ0v) is 25.4. The molecule has 2 heterocycles. The van der Waals surface area contributed by atoms with Crippen LogP contribution >= 0.6 is 0 Å². The van der Waals surface area contributed by atoms with Crippen molar-refractivity contribution in [3.8, 4) is 17.2 Å². The van der Waals surface area contributed by atoms with Crippen LogP contribution < -0.4 is 25.4 Å². The fraction of sp³-hybridized carbons (Fsp3) is 0.375. The summed E-state index contributed by atoms with van der Waals surface area (Å²) in [6.07, 6.45) is -1.88. The van der Waals surface area contributed by atoms with Crippen LogP contribution in [0.3, 0.4) is 0 Å². The molecule has 4 amide bonds. The quantitative estimate of drug-likeness (QED) is 0.227. The van der Waals surface area contributed by atoms with Gasteiger partial charge < -0.3 is 35.1 Å². The van der Waals surface area contributed by atoms with Gasteiger partial charge in [0.05, 0.1) is 12.2 Å². The number of carbonyl (C=O) groups is 3. The van der Waals surface area contributed by atoms with E-state index in [1.165, 1.54) is 17.2 Å². The summed E-state index contributed by atoms with van der Waals surface area (Å²) in [5.41, 5.74) is -1.38. The summed E-state index contributed by atoms with van der Waals surface area (Å²) in [5.74, 6) is 1.06. The van der Waals surface area contributed by atoms with Crippen molar-refractivity contribution in [2.24, 2.45) is 11.8 Å². The molecule has 3 aromatic rings. The van der Waals surface area contributed by atoms with Crippen molar-refractivity contribution in [1.82, 2.24) is 9.88 Å². The van der Waals surface area contributed by atoms with E-state index in [0.717, 1.165) is 25.0 Å². The first kappa shape index (κ1) is 32.4. The number of likely N-dealkylation sites (tertiary alicyclic amines) is 1. The minimum Gasteiger partial charge on any atom is -0.493 e. The van der Waals surface area contributed by atoms with E-state index < -0.39 is 29.5 Å². The number of rotatable bonds is 9. The highest BCUT2D eigenvalue weighted by Crippen LogP contribution is 2.35. The number of benzene rings is 2. The number of ether oxygens (including phenoxy) is 3. The standard InChI is InChI=1S/C32H34F3N5O6/c1-31(2,3)46-30(43)40-16-19(17-40)18-44-26-13-21(32(33,34)35)12-23(14-26)38-29(42)37-22-6-8-24(9-7-22)45-25-10-11-36-27(15-25)39-28(41)20-4-5-20/h6-15,19-20H,4-5,16-18H2,1-3H3,(H,36,39,41)(H2,37,38,42). The molecule has 14 heteroatoms. The van der Waals surface area contributed by atoms with Gasteiger partial charge in [-0.05, 0) is 76.1 Å². The number of pyridine rings is 1. The van der Waals surface area contributed by atoms with Crippen LogP contribution in [0.1, 0.15) is 39.2 Å². The Morgan fingerprint density at radius 2 is 1.57 bits per heavy atom. The molecule has 0 unspecified atom stereocenters. The van der Waals surface area contributed by atoms with Crippen molar-refractivity contribution >= 4 is 35.2 Å². The molecule has 2 fully saturated rings. The van der Waals surface area contributed by atoms with Crippen LogP contribution in [0.2, 0.25) is 0 Å². The van der Waals surface area contributed by atoms with E-state index in [4.69, 9.17) is 14.2 Å². The first-order valence-corrected chi connectivity index (χ1v) is 14.7. The first-order chi connectivity index (χ1) is 21.7. The summed E-state index contributed by atoms with van der Waals surface area (Å²) in [5, 5.41) is 7.74. The molecule has 11 nitrogen and oxygen atoms in total.